The number of hydrogen-bond donors (Lipinski definition) is 2. The second kappa shape index (κ2) is 11.3. The van der Waals surface area contributed by atoms with E-state index in [9.17, 15) is 19.5 Å². The van der Waals surface area contributed by atoms with Crippen molar-refractivity contribution >= 4 is 35.4 Å². The molecule has 0 unspecified atom stereocenters. The molecule has 0 radical (unpaired) electrons. The number of esters is 2. The number of ketones is 1. The Morgan fingerprint density at radius 3 is 2.03 bits per heavy atom. The van der Waals surface area contributed by atoms with Crippen LogP contribution in [0, 0.1) is 0 Å². The van der Waals surface area contributed by atoms with Crippen molar-refractivity contribution in [2.24, 2.45) is 4.99 Å². The summed E-state index contributed by atoms with van der Waals surface area (Å²) in [7, 11) is 2.55. The number of carbonyl (C=O) groups excluding carboxylic acids is 3. The van der Waals surface area contributed by atoms with Gasteiger partial charge in [-0.3, -0.25) is 9.79 Å². The average molecular weight is 489 g/mol. The maximum atomic E-state index is 12.7. The molecule has 0 saturated carbocycles. The minimum Gasteiger partial charge on any atom is -0.507 e. The summed E-state index contributed by atoms with van der Waals surface area (Å²) in [6.45, 7) is 4.81. The highest BCUT2D eigenvalue weighted by molar-refractivity contribution is 6.17. The molecule has 186 valence electrons. The third-order valence-corrected chi connectivity index (χ3v) is 5.80. The molecule has 0 amide bonds. The van der Waals surface area contributed by atoms with Gasteiger partial charge in [-0.2, -0.15) is 0 Å². The number of aliphatic hydroxyl groups excluding tert-OH is 1. The van der Waals surface area contributed by atoms with Crippen LogP contribution in [0.5, 0.6) is 0 Å². The van der Waals surface area contributed by atoms with Gasteiger partial charge in [0.25, 0.3) is 0 Å². The average Bonchev–Trinajstić information content (AvgIpc) is 2.87. The third-order valence-electron chi connectivity index (χ3n) is 5.80. The van der Waals surface area contributed by atoms with Crippen molar-refractivity contribution in [1.29, 1.82) is 0 Å². The van der Waals surface area contributed by atoms with Crippen molar-refractivity contribution in [1.82, 2.24) is 5.32 Å². The summed E-state index contributed by atoms with van der Waals surface area (Å²) in [5.74, 6) is -2.46. The van der Waals surface area contributed by atoms with E-state index in [-0.39, 0.29) is 28.3 Å². The number of dihydropyridines is 1. The molecule has 36 heavy (non-hydrogen) atoms. The van der Waals surface area contributed by atoms with Crippen molar-refractivity contribution < 1.29 is 29.0 Å². The number of ether oxygens (including phenoxy) is 2. The van der Waals surface area contributed by atoms with Gasteiger partial charge in [0.1, 0.15) is 5.76 Å². The number of methoxy groups -OCH3 is 2. The van der Waals surface area contributed by atoms with E-state index < -0.39 is 17.9 Å². The topological polar surface area (TPSA) is 114 Å². The van der Waals surface area contributed by atoms with Crippen molar-refractivity contribution in [3.63, 3.8) is 0 Å². The number of nitrogens with zero attached hydrogens (tertiary/aromatic N) is 1. The number of nitrogens with one attached hydrogen (secondary N) is 1. The summed E-state index contributed by atoms with van der Waals surface area (Å²) in [6.07, 6.45) is 1.30. The highest BCUT2D eigenvalue weighted by Crippen LogP contribution is 2.40. The van der Waals surface area contributed by atoms with Crippen molar-refractivity contribution in [2.75, 3.05) is 14.2 Å². The number of hydrogen-bond acceptors (Lipinski definition) is 8. The molecular weight excluding hydrogens is 460 g/mol. The van der Waals surface area contributed by atoms with Gasteiger partial charge in [0.05, 0.1) is 42.5 Å². The van der Waals surface area contributed by atoms with Gasteiger partial charge >= 0.3 is 11.9 Å². The van der Waals surface area contributed by atoms with Gasteiger partial charge in [0, 0.05) is 23.2 Å². The van der Waals surface area contributed by atoms with Crippen LogP contribution in [0.3, 0.4) is 0 Å². The SMILES string of the molecule is COC(=O)C1=C(C)NC(C)=C(C(=O)OC)C1c1cccc(N=C/C(C(C)=O)=C(\O)c2ccccc2)c1. The molecule has 3 rings (SSSR count). The molecule has 1 heterocycles. The third kappa shape index (κ3) is 5.43. The van der Waals surface area contributed by atoms with Crippen molar-refractivity contribution in [3.05, 3.63) is 93.8 Å². The zero-order valence-corrected chi connectivity index (χ0v) is 20.8. The van der Waals surface area contributed by atoms with E-state index >= 15 is 0 Å². The second-order valence-electron chi connectivity index (χ2n) is 8.16. The summed E-state index contributed by atoms with van der Waals surface area (Å²) in [5, 5.41) is 13.7. The first-order chi connectivity index (χ1) is 17.2. The largest absolute Gasteiger partial charge is 0.507 e. The first kappa shape index (κ1) is 26.2. The molecule has 0 aliphatic carbocycles. The van der Waals surface area contributed by atoms with E-state index in [0.717, 1.165) is 0 Å². The van der Waals surface area contributed by atoms with Crippen LogP contribution in [0.25, 0.3) is 5.76 Å². The molecule has 0 bridgehead atoms. The highest BCUT2D eigenvalue weighted by atomic mass is 16.5. The lowest BCUT2D eigenvalue weighted by molar-refractivity contribution is -0.137. The molecule has 1 aliphatic heterocycles. The van der Waals surface area contributed by atoms with Crippen LogP contribution in [0.4, 0.5) is 5.69 Å². The van der Waals surface area contributed by atoms with Gasteiger partial charge in [0.15, 0.2) is 5.78 Å². The smallest absolute Gasteiger partial charge is 0.336 e. The molecule has 8 heteroatoms. The second-order valence-corrected chi connectivity index (χ2v) is 8.16. The van der Waals surface area contributed by atoms with E-state index in [4.69, 9.17) is 9.47 Å². The summed E-state index contributed by atoms with van der Waals surface area (Å²) < 4.78 is 10.0. The predicted molar refractivity (Wildman–Crippen MR) is 137 cm³/mol. The Bertz CT molecular complexity index is 1280. The Labute approximate surface area is 209 Å². The van der Waals surface area contributed by atoms with Gasteiger partial charge in [0.2, 0.25) is 0 Å². The van der Waals surface area contributed by atoms with E-state index in [0.29, 0.717) is 28.2 Å². The molecular formula is C28H28N2O6. The van der Waals surface area contributed by atoms with Crippen molar-refractivity contribution in [3.8, 4) is 0 Å². The van der Waals surface area contributed by atoms with Gasteiger partial charge in [-0.25, -0.2) is 9.59 Å². The van der Waals surface area contributed by atoms with E-state index in [1.807, 2.05) is 6.07 Å². The van der Waals surface area contributed by atoms with Crippen LogP contribution >= 0.6 is 0 Å². The molecule has 2 aromatic rings. The molecule has 0 saturated heterocycles. The Kier molecular flexibility index (Phi) is 8.22. The van der Waals surface area contributed by atoms with Crippen LogP contribution in [0.2, 0.25) is 0 Å². The lowest BCUT2D eigenvalue weighted by Gasteiger charge is -2.30. The summed E-state index contributed by atoms with van der Waals surface area (Å²) >= 11 is 0. The van der Waals surface area contributed by atoms with Crippen LogP contribution in [-0.2, 0) is 23.9 Å². The molecule has 8 nitrogen and oxygen atoms in total. The van der Waals surface area contributed by atoms with Crippen LogP contribution < -0.4 is 5.32 Å². The minimum atomic E-state index is -0.762. The Balaban J connectivity index is 2.10. The summed E-state index contributed by atoms with van der Waals surface area (Å²) in [5.41, 5.74) is 3.25. The Hall–Kier alpha value is -4.46. The Morgan fingerprint density at radius 2 is 1.50 bits per heavy atom. The van der Waals surface area contributed by atoms with E-state index in [2.05, 4.69) is 10.3 Å². The minimum absolute atomic E-state index is 0.0467. The molecule has 2 aromatic carbocycles. The molecule has 2 N–H and O–H groups in total. The first-order valence-electron chi connectivity index (χ1n) is 11.2. The monoisotopic (exact) mass is 488 g/mol. The number of aliphatic hydroxyl groups is 1. The van der Waals surface area contributed by atoms with Gasteiger partial charge in [-0.15, -0.1) is 0 Å². The fraction of sp³-hybridized carbons (Fsp3) is 0.214. The van der Waals surface area contributed by atoms with E-state index in [1.54, 1.807) is 62.4 Å². The zero-order valence-electron chi connectivity index (χ0n) is 20.8. The fourth-order valence-electron chi connectivity index (χ4n) is 4.08. The lowest BCUT2D eigenvalue weighted by atomic mass is 9.80. The Morgan fingerprint density at radius 1 is 0.917 bits per heavy atom. The number of benzene rings is 2. The number of Topliss-reactive ketones (excluding diaryl/α,β-unsaturated/α-hetero) is 1. The molecule has 0 atom stereocenters. The molecule has 0 fully saturated rings. The van der Waals surface area contributed by atoms with Crippen LogP contribution in [0.1, 0.15) is 37.8 Å². The first-order valence-corrected chi connectivity index (χ1v) is 11.2. The van der Waals surface area contributed by atoms with Gasteiger partial charge < -0.3 is 19.9 Å². The maximum absolute atomic E-state index is 12.7. The normalized spacial score (nSPS) is 14.9. The predicted octanol–water partition coefficient (Wildman–Crippen LogP) is 4.53. The highest BCUT2D eigenvalue weighted by Gasteiger charge is 2.37. The lowest BCUT2D eigenvalue weighted by Crippen LogP contribution is -2.32. The maximum Gasteiger partial charge on any atom is 0.336 e. The molecule has 0 spiro atoms. The van der Waals surface area contributed by atoms with E-state index in [1.165, 1.54) is 27.4 Å². The van der Waals surface area contributed by atoms with Crippen LogP contribution in [0.15, 0.2) is 87.7 Å². The standard InChI is InChI=1S/C28H28N2O6/c1-16-23(27(33)35-4)25(24(17(2)30-16)28(34)36-5)20-12-9-13-21(14-20)29-15-22(18(3)31)26(32)19-10-7-6-8-11-19/h6-15,25,30,32H,1-5H3/b26-22+,29-15?. The zero-order chi connectivity index (χ0) is 26.4. The number of rotatable bonds is 7. The summed E-state index contributed by atoms with van der Waals surface area (Å²) in [4.78, 5) is 42.1. The van der Waals surface area contributed by atoms with Gasteiger partial charge in [-0.05, 0) is 38.5 Å². The quantitative estimate of drug-likeness (QED) is 0.255. The summed E-state index contributed by atoms with van der Waals surface area (Å²) in [6, 6.07) is 15.6. The number of allylic oxidation sites excluding steroid dienone is 3. The number of aliphatic imine (C=N–C) groups is 1. The fourth-order valence-corrected chi connectivity index (χ4v) is 4.08. The van der Waals surface area contributed by atoms with Crippen molar-refractivity contribution in [2.45, 2.75) is 26.7 Å². The van der Waals surface area contributed by atoms with Crippen LogP contribution in [-0.4, -0.2) is 43.3 Å². The molecule has 0 aromatic heterocycles. The molecule has 1 aliphatic rings. The number of carbonyl (C=O) groups is 3. The van der Waals surface area contributed by atoms with Gasteiger partial charge in [-0.1, -0.05) is 42.5 Å².